The van der Waals surface area contributed by atoms with Crippen LogP contribution >= 0.6 is 27.5 Å². The summed E-state index contributed by atoms with van der Waals surface area (Å²) in [6, 6.07) is 5.78. The largest absolute Gasteiger partial charge is 0.360 e. The van der Waals surface area contributed by atoms with Crippen LogP contribution < -0.4 is 10.6 Å². The summed E-state index contributed by atoms with van der Waals surface area (Å²) in [7, 11) is 0. The number of aryl methyl sites for hydroxylation is 1. The van der Waals surface area contributed by atoms with Crippen LogP contribution in [0, 0.1) is 6.92 Å². The van der Waals surface area contributed by atoms with Crippen LogP contribution in [0.15, 0.2) is 22.7 Å². The minimum atomic E-state index is -0.0626. The molecule has 5 nitrogen and oxygen atoms in total. The maximum atomic E-state index is 12.0. The molecule has 0 aliphatic heterocycles. The van der Waals surface area contributed by atoms with Gasteiger partial charge in [0.15, 0.2) is 0 Å². The molecule has 2 rings (SSSR count). The predicted molar refractivity (Wildman–Crippen MR) is 99.2 cm³/mol. The van der Waals surface area contributed by atoms with Crippen molar-refractivity contribution in [3.63, 3.8) is 0 Å². The number of amides is 1. The van der Waals surface area contributed by atoms with Gasteiger partial charge in [-0.1, -0.05) is 36.7 Å². The monoisotopic (exact) mass is 396 g/mol. The van der Waals surface area contributed by atoms with Crippen LogP contribution in [0.3, 0.4) is 0 Å². The standard InChI is InChI=1S/C16H21BrN4OS/c1-10-9-11(17)5-6-12(10)19-13(22)7-8-18-15-20-14(21-23-15)16(2,3)4/h5-6,9H,7-8H2,1-4H3,(H,19,22)(H,18,20,21). The second-order valence-corrected chi connectivity index (χ2v) is 8.02. The van der Waals surface area contributed by atoms with Gasteiger partial charge in [0.05, 0.1) is 0 Å². The Kier molecular flexibility index (Phi) is 5.75. The SMILES string of the molecule is Cc1cc(Br)ccc1NC(=O)CCNc1nc(C(C)(C)C)ns1. The first-order valence-corrected chi connectivity index (χ1v) is 8.96. The zero-order valence-electron chi connectivity index (χ0n) is 13.7. The number of nitrogens with one attached hydrogen (secondary N) is 2. The molecule has 1 amide bonds. The second-order valence-electron chi connectivity index (χ2n) is 6.36. The fourth-order valence-corrected chi connectivity index (χ4v) is 3.12. The van der Waals surface area contributed by atoms with Crippen molar-refractivity contribution in [1.82, 2.24) is 9.36 Å². The maximum Gasteiger partial charge on any atom is 0.226 e. The molecule has 23 heavy (non-hydrogen) atoms. The third-order valence-electron chi connectivity index (χ3n) is 3.19. The van der Waals surface area contributed by atoms with Crippen molar-refractivity contribution in [2.75, 3.05) is 17.2 Å². The molecule has 0 bridgehead atoms. The maximum absolute atomic E-state index is 12.0. The number of rotatable bonds is 5. The van der Waals surface area contributed by atoms with Crippen molar-refractivity contribution >= 4 is 44.2 Å². The first-order valence-electron chi connectivity index (χ1n) is 7.40. The van der Waals surface area contributed by atoms with Crippen molar-refractivity contribution < 1.29 is 4.79 Å². The Morgan fingerprint density at radius 3 is 2.70 bits per heavy atom. The molecule has 124 valence electrons. The lowest BCUT2D eigenvalue weighted by atomic mass is 9.96. The quantitative estimate of drug-likeness (QED) is 0.788. The number of aromatic nitrogens is 2. The summed E-state index contributed by atoms with van der Waals surface area (Å²) < 4.78 is 5.34. The Bertz CT molecular complexity index is 694. The number of halogens is 1. The molecule has 0 spiro atoms. The van der Waals surface area contributed by atoms with Gasteiger partial charge < -0.3 is 10.6 Å². The molecule has 7 heteroatoms. The highest BCUT2D eigenvalue weighted by molar-refractivity contribution is 9.10. The number of hydrogen-bond acceptors (Lipinski definition) is 5. The van der Waals surface area contributed by atoms with E-state index in [1.807, 2.05) is 25.1 Å². The Morgan fingerprint density at radius 2 is 2.09 bits per heavy atom. The lowest BCUT2D eigenvalue weighted by molar-refractivity contribution is -0.115. The molecule has 0 aliphatic rings. The van der Waals surface area contributed by atoms with Crippen molar-refractivity contribution in [2.24, 2.45) is 0 Å². The van der Waals surface area contributed by atoms with E-state index in [-0.39, 0.29) is 11.3 Å². The van der Waals surface area contributed by atoms with E-state index in [0.717, 1.165) is 26.7 Å². The summed E-state index contributed by atoms with van der Waals surface area (Å²) in [4.78, 5) is 16.5. The molecule has 1 heterocycles. The van der Waals surface area contributed by atoms with Gasteiger partial charge in [-0.05, 0) is 30.7 Å². The minimum Gasteiger partial charge on any atom is -0.360 e. The van der Waals surface area contributed by atoms with Crippen LogP contribution in [0.25, 0.3) is 0 Å². The summed E-state index contributed by atoms with van der Waals surface area (Å²) >= 11 is 4.74. The zero-order valence-corrected chi connectivity index (χ0v) is 16.1. The summed E-state index contributed by atoms with van der Waals surface area (Å²) in [5.41, 5.74) is 1.80. The van der Waals surface area contributed by atoms with Crippen LogP contribution in [-0.2, 0) is 10.2 Å². The van der Waals surface area contributed by atoms with E-state index in [9.17, 15) is 4.79 Å². The molecular weight excluding hydrogens is 376 g/mol. The third kappa shape index (κ3) is 5.28. The molecule has 0 saturated heterocycles. The molecule has 0 saturated carbocycles. The Morgan fingerprint density at radius 1 is 1.35 bits per heavy atom. The highest BCUT2D eigenvalue weighted by atomic mass is 79.9. The summed E-state index contributed by atoms with van der Waals surface area (Å²) in [6.45, 7) is 8.72. The van der Waals surface area contributed by atoms with Gasteiger partial charge >= 0.3 is 0 Å². The lowest BCUT2D eigenvalue weighted by Gasteiger charge is -2.12. The van der Waals surface area contributed by atoms with E-state index in [1.54, 1.807) is 0 Å². The van der Waals surface area contributed by atoms with E-state index in [4.69, 9.17) is 0 Å². The van der Waals surface area contributed by atoms with Gasteiger partial charge in [-0.25, -0.2) is 4.98 Å². The van der Waals surface area contributed by atoms with Gasteiger partial charge in [-0.15, -0.1) is 0 Å². The van der Waals surface area contributed by atoms with Crippen molar-refractivity contribution in [3.8, 4) is 0 Å². The molecule has 0 radical (unpaired) electrons. The third-order valence-corrected chi connectivity index (χ3v) is 4.35. The van der Waals surface area contributed by atoms with Gasteiger partial charge in [0, 0.05) is 40.1 Å². The number of nitrogens with zero attached hydrogens (tertiary/aromatic N) is 2. The topological polar surface area (TPSA) is 66.9 Å². The fraction of sp³-hybridized carbons (Fsp3) is 0.438. The second kappa shape index (κ2) is 7.40. The first kappa shape index (κ1) is 17.9. The normalized spacial score (nSPS) is 11.3. The van der Waals surface area contributed by atoms with E-state index < -0.39 is 0 Å². The van der Waals surface area contributed by atoms with Crippen LogP contribution in [0.1, 0.15) is 38.6 Å². The van der Waals surface area contributed by atoms with Crippen LogP contribution in [-0.4, -0.2) is 21.8 Å². The molecule has 2 N–H and O–H groups in total. The molecular formula is C16H21BrN4OS. The van der Waals surface area contributed by atoms with Gasteiger partial charge in [0.2, 0.25) is 11.0 Å². The van der Waals surface area contributed by atoms with Gasteiger partial charge in [-0.2, -0.15) is 4.37 Å². The summed E-state index contributed by atoms with van der Waals surface area (Å²) in [5, 5.41) is 6.83. The fourth-order valence-electron chi connectivity index (χ4n) is 1.86. The van der Waals surface area contributed by atoms with E-state index in [2.05, 4.69) is 56.7 Å². The number of benzene rings is 1. The van der Waals surface area contributed by atoms with Crippen LogP contribution in [0.2, 0.25) is 0 Å². The summed E-state index contributed by atoms with van der Waals surface area (Å²) in [5.74, 6) is 0.795. The van der Waals surface area contributed by atoms with E-state index >= 15 is 0 Å². The van der Waals surface area contributed by atoms with Gasteiger partial charge in [0.25, 0.3) is 0 Å². The van der Waals surface area contributed by atoms with Gasteiger partial charge in [0.1, 0.15) is 5.82 Å². The van der Waals surface area contributed by atoms with E-state index in [1.165, 1.54) is 11.5 Å². The number of anilines is 2. The smallest absolute Gasteiger partial charge is 0.226 e. The average Bonchev–Trinajstić information content (AvgIpc) is 2.91. The molecule has 0 aliphatic carbocycles. The lowest BCUT2D eigenvalue weighted by Crippen LogP contribution is -2.17. The van der Waals surface area contributed by atoms with Crippen molar-refractivity contribution in [3.05, 3.63) is 34.1 Å². The number of hydrogen-bond donors (Lipinski definition) is 2. The van der Waals surface area contributed by atoms with Crippen LogP contribution in [0.5, 0.6) is 0 Å². The van der Waals surface area contributed by atoms with Gasteiger partial charge in [-0.3, -0.25) is 4.79 Å². The number of carbonyl (C=O) groups is 1. The Labute approximate surface area is 149 Å². The summed E-state index contributed by atoms with van der Waals surface area (Å²) in [6.07, 6.45) is 0.375. The Balaban J connectivity index is 1.82. The molecule has 0 fully saturated rings. The predicted octanol–water partition coefficient (Wildman–Crippen LogP) is 4.35. The highest BCUT2D eigenvalue weighted by Gasteiger charge is 2.19. The zero-order chi connectivity index (χ0) is 17.0. The van der Waals surface area contributed by atoms with Crippen molar-refractivity contribution in [1.29, 1.82) is 0 Å². The highest BCUT2D eigenvalue weighted by Crippen LogP contribution is 2.23. The molecule has 1 aromatic heterocycles. The van der Waals surface area contributed by atoms with Crippen molar-refractivity contribution in [2.45, 2.75) is 39.5 Å². The Hall–Kier alpha value is -1.47. The number of carbonyl (C=O) groups excluding carboxylic acids is 1. The van der Waals surface area contributed by atoms with Crippen LogP contribution in [0.4, 0.5) is 10.8 Å². The molecule has 2 aromatic rings. The first-order chi connectivity index (χ1) is 10.8. The molecule has 1 aromatic carbocycles. The molecule has 0 unspecified atom stereocenters. The average molecular weight is 397 g/mol. The molecule has 0 atom stereocenters. The minimum absolute atomic E-state index is 0.0246. The van der Waals surface area contributed by atoms with E-state index in [0.29, 0.717) is 13.0 Å².